The van der Waals surface area contributed by atoms with E-state index in [0.717, 1.165) is 17.7 Å². The summed E-state index contributed by atoms with van der Waals surface area (Å²) in [5, 5.41) is 12.8. The SMILES string of the molecule is O=C(O)CCCc1ccccc1-n1cccn1. The summed E-state index contributed by atoms with van der Waals surface area (Å²) in [7, 11) is 0. The van der Waals surface area contributed by atoms with E-state index >= 15 is 0 Å². The van der Waals surface area contributed by atoms with Crippen molar-refractivity contribution in [2.75, 3.05) is 0 Å². The monoisotopic (exact) mass is 230 g/mol. The van der Waals surface area contributed by atoms with E-state index in [1.54, 1.807) is 10.9 Å². The highest BCUT2D eigenvalue weighted by molar-refractivity contribution is 5.66. The van der Waals surface area contributed by atoms with E-state index in [0.29, 0.717) is 6.42 Å². The molecule has 0 fully saturated rings. The Morgan fingerprint density at radius 3 is 2.82 bits per heavy atom. The molecule has 0 saturated heterocycles. The zero-order valence-electron chi connectivity index (χ0n) is 9.41. The first kappa shape index (κ1) is 11.4. The fourth-order valence-electron chi connectivity index (χ4n) is 1.79. The third-order valence-corrected chi connectivity index (χ3v) is 2.58. The van der Waals surface area contributed by atoms with Gasteiger partial charge >= 0.3 is 5.97 Å². The van der Waals surface area contributed by atoms with E-state index in [1.165, 1.54) is 0 Å². The van der Waals surface area contributed by atoms with Crippen molar-refractivity contribution < 1.29 is 9.90 Å². The average molecular weight is 230 g/mol. The maximum absolute atomic E-state index is 10.5. The highest BCUT2D eigenvalue weighted by Gasteiger charge is 2.05. The van der Waals surface area contributed by atoms with Gasteiger partial charge in [0.05, 0.1) is 5.69 Å². The van der Waals surface area contributed by atoms with Crippen molar-refractivity contribution in [3.63, 3.8) is 0 Å². The van der Waals surface area contributed by atoms with Crippen molar-refractivity contribution >= 4 is 5.97 Å². The van der Waals surface area contributed by atoms with Crippen LogP contribution in [0.25, 0.3) is 5.69 Å². The Morgan fingerprint density at radius 1 is 1.29 bits per heavy atom. The van der Waals surface area contributed by atoms with Gasteiger partial charge in [-0.2, -0.15) is 5.10 Å². The van der Waals surface area contributed by atoms with E-state index < -0.39 is 5.97 Å². The summed E-state index contributed by atoms with van der Waals surface area (Å²) in [6.45, 7) is 0. The largest absolute Gasteiger partial charge is 0.481 e. The summed E-state index contributed by atoms with van der Waals surface area (Å²) in [5.41, 5.74) is 2.14. The number of aliphatic carboxylic acids is 1. The first-order valence-electron chi connectivity index (χ1n) is 5.57. The van der Waals surface area contributed by atoms with Gasteiger partial charge in [0.15, 0.2) is 0 Å². The summed E-state index contributed by atoms with van der Waals surface area (Å²) in [6.07, 6.45) is 5.22. The lowest BCUT2D eigenvalue weighted by molar-refractivity contribution is -0.137. The maximum atomic E-state index is 10.5. The molecule has 0 aliphatic heterocycles. The molecule has 2 aromatic rings. The molecule has 0 spiro atoms. The Hall–Kier alpha value is -2.10. The first-order valence-corrected chi connectivity index (χ1v) is 5.57. The summed E-state index contributed by atoms with van der Waals surface area (Å²) in [5.74, 6) is -0.749. The molecule has 1 N–H and O–H groups in total. The van der Waals surface area contributed by atoms with Gasteiger partial charge in [-0.15, -0.1) is 0 Å². The number of rotatable bonds is 5. The Kier molecular flexibility index (Phi) is 3.55. The molecule has 2 rings (SSSR count). The zero-order chi connectivity index (χ0) is 12.1. The van der Waals surface area contributed by atoms with Gasteiger partial charge in [-0.05, 0) is 30.5 Å². The molecular weight excluding hydrogens is 216 g/mol. The minimum Gasteiger partial charge on any atom is -0.481 e. The topological polar surface area (TPSA) is 55.1 Å². The lowest BCUT2D eigenvalue weighted by atomic mass is 10.1. The molecule has 0 radical (unpaired) electrons. The van der Waals surface area contributed by atoms with Crippen molar-refractivity contribution in [3.8, 4) is 5.69 Å². The molecule has 0 bridgehead atoms. The van der Waals surface area contributed by atoms with E-state index in [-0.39, 0.29) is 6.42 Å². The van der Waals surface area contributed by atoms with Gasteiger partial charge < -0.3 is 5.11 Å². The van der Waals surface area contributed by atoms with Gasteiger partial charge in [-0.25, -0.2) is 4.68 Å². The Morgan fingerprint density at radius 2 is 2.12 bits per heavy atom. The van der Waals surface area contributed by atoms with Gasteiger partial charge in [0.1, 0.15) is 0 Å². The molecule has 0 aliphatic carbocycles. The van der Waals surface area contributed by atoms with Gasteiger partial charge in [0.2, 0.25) is 0 Å². The van der Waals surface area contributed by atoms with Crippen molar-refractivity contribution in [3.05, 3.63) is 48.3 Å². The van der Waals surface area contributed by atoms with Crippen LogP contribution < -0.4 is 0 Å². The first-order chi connectivity index (χ1) is 8.27. The molecule has 0 unspecified atom stereocenters. The van der Waals surface area contributed by atoms with Crippen LogP contribution in [-0.2, 0) is 11.2 Å². The van der Waals surface area contributed by atoms with Crippen molar-refractivity contribution in [1.82, 2.24) is 9.78 Å². The standard InChI is InChI=1S/C13H14N2O2/c16-13(17)8-3-6-11-5-1-2-7-12(11)15-10-4-9-14-15/h1-2,4-5,7,9-10H,3,6,8H2,(H,16,17). The maximum Gasteiger partial charge on any atom is 0.303 e. The van der Waals surface area contributed by atoms with Crippen LogP contribution in [0.3, 0.4) is 0 Å². The molecule has 1 aromatic carbocycles. The van der Waals surface area contributed by atoms with Crippen LogP contribution in [0.2, 0.25) is 0 Å². The lowest BCUT2D eigenvalue weighted by Crippen LogP contribution is -2.01. The molecule has 17 heavy (non-hydrogen) atoms. The van der Waals surface area contributed by atoms with Crippen LogP contribution in [-0.4, -0.2) is 20.9 Å². The second-order valence-corrected chi connectivity index (χ2v) is 3.83. The van der Waals surface area contributed by atoms with Gasteiger partial charge in [-0.3, -0.25) is 4.79 Å². The van der Waals surface area contributed by atoms with Gasteiger partial charge in [0, 0.05) is 18.8 Å². The number of carboxylic acids is 1. The highest BCUT2D eigenvalue weighted by Crippen LogP contribution is 2.15. The summed E-state index contributed by atoms with van der Waals surface area (Å²) < 4.78 is 1.80. The van der Waals surface area contributed by atoms with Crippen molar-refractivity contribution in [2.24, 2.45) is 0 Å². The van der Waals surface area contributed by atoms with Crippen LogP contribution in [0, 0.1) is 0 Å². The van der Waals surface area contributed by atoms with Crippen LogP contribution in [0.4, 0.5) is 0 Å². The molecular formula is C13H14N2O2. The second kappa shape index (κ2) is 5.30. The molecule has 88 valence electrons. The number of hydrogen-bond acceptors (Lipinski definition) is 2. The van der Waals surface area contributed by atoms with Gasteiger partial charge in [-0.1, -0.05) is 18.2 Å². The number of para-hydroxylation sites is 1. The Labute approximate surface area is 99.5 Å². The third-order valence-electron chi connectivity index (χ3n) is 2.58. The molecule has 4 nitrogen and oxygen atoms in total. The lowest BCUT2D eigenvalue weighted by Gasteiger charge is -2.08. The molecule has 0 amide bonds. The zero-order valence-corrected chi connectivity index (χ0v) is 9.41. The predicted octanol–water partition coefficient (Wildman–Crippen LogP) is 2.28. The second-order valence-electron chi connectivity index (χ2n) is 3.83. The summed E-state index contributed by atoms with van der Waals surface area (Å²) in [6, 6.07) is 9.79. The van der Waals surface area contributed by atoms with Crippen LogP contribution in [0.1, 0.15) is 18.4 Å². The summed E-state index contributed by atoms with van der Waals surface area (Å²) >= 11 is 0. The number of carbonyl (C=O) groups is 1. The third kappa shape index (κ3) is 2.93. The molecule has 0 atom stereocenters. The smallest absolute Gasteiger partial charge is 0.303 e. The molecule has 1 heterocycles. The molecule has 1 aromatic heterocycles. The quantitative estimate of drug-likeness (QED) is 0.857. The van der Waals surface area contributed by atoms with Crippen molar-refractivity contribution in [1.29, 1.82) is 0 Å². The number of nitrogens with zero attached hydrogens (tertiary/aromatic N) is 2. The fraction of sp³-hybridized carbons (Fsp3) is 0.231. The summed E-state index contributed by atoms with van der Waals surface area (Å²) in [4.78, 5) is 10.5. The number of hydrogen-bond donors (Lipinski definition) is 1. The van der Waals surface area contributed by atoms with E-state index in [4.69, 9.17) is 5.11 Å². The van der Waals surface area contributed by atoms with E-state index in [9.17, 15) is 4.79 Å². The minimum absolute atomic E-state index is 0.202. The normalized spacial score (nSPS) is 10.4. The van der Waals surface area contributed by atoms with Crippen LogP contribution in [0.5, 0.6) is 0 Å². The van der Waals surface area contributed by atoms with Crippen LogP contribution >= 0.6 is 0 Å². The fourth-order valence-corrected chi connectivity index (χ4v) is 1.79. The number of benzene rings is 1. The number of carboxylic acid groups (broad SMARTS) is 1. The van der Waals surface area contributed by atoms with E-state index in [1.807, 2.05) is 36.5 Å². The Balaban J connectivity index is 2.14. The molecule has 0 saturated carbocycles. The number of aromatic nitrogens is 2. The Bertz CT molecular complexity index is 492. The molecule has 4 heteroatoms. The highest BCUT2D eigenvalue weighted by atomic mass is 16.4. The van der Waals surface area contributed by atoms with Gasteiger partial charge in [0.25, 0.3) is 0 Å². The van der Waals surface area contributed by atoms with E-state index in [2.05, 4.69) is 5.10 Å². The average Bonchev–Trinajstić information content (AvgIpc) is 2.82. The molecule has 0 aliphatic rings. The van der Waals surface area contributed by atoms with Crippen LogP contribution in [0.15, 0.2) is 42.7 Å². The van der Waals surface area contributed by atoms with Crippen molar-refractivity contribution in [2.45, 2.75) is 19.3 Å². The minimum atomic E-state index is -0.749. The number of aryl methyl sites for hydroxylation is 1. The predicted molar refractivity (Wildman–Crippen MR) is 64.1 cm³/mol.